The average molecular weight is 537 g/mol. The molecule has 3 aromatic carbocycles. The molecule has 10 heteroatoms. The topological polar surface area (TPSA) is 97.9 Å². The number of benzene rings is 3. The SMILES string of the molecule is COc1ccc2nc(N(/N=C/c3ccc(Br)cc3)C(=O)/C=C/c3cccc([N+](=O)[O-])c3)sc2c1. The van der Waals surface area contributed by atoms with Crippen molar-refractivity contribution in [2.45, 2.75) is 0 Å². The summed E-state index contributed by atoms with van der Waals surface area (Å²) in [6.07, 6.45) is 4.39. The molecule has 34 heavy (non-hydrogen) atoms. The highest BCUT2D eigenvalue weighted by Gasteiger charge is 2.18. The van der Waals surface area contributed by atoms with Gasteiger partial charge in [-0.15, -0.1) is 0 Å². The molecule has 4 rings (SSSR count). The summed E-state index contributed by atoms with van der Waals surface area (Å²) in [6.45, 7) is 0. The Morgan fingerprint density at radius 1 is 1.15 bits per heavy atom. The maximum Gasteiger partial charge on any atom is 0.273 e. The van der Waals surface area contributed by atoms with Crippen LogP contribution in [0.2, 0.25) is 0 Å². The molecule has 0 atom stereocenters. The van der Waals surface area contributed by atoms with Gasteiger partial charge >= 0.3 is 0 Å². The van der Waals surface area contributed by atoms with E-state index in [4.69, 9.17) is 4.74 Å². The number of halogens is 1. The van der Waals surface area contributed by atoms with Crippen LogP contribution in [0.3, 0.4) is 0 Å². The Morgan fingerprint density at radius 3 is 2.68 bits per heavy atom. The number of methoxy groups -OCH3 is 1. The number of thiazole rings is 1. The fourth-order valence-corrected chi connectivity index (χ4v) is 4.19. The summed E-state index contributed by atoms with van der Waals surface area (Å²) in [7, 11) is 1.58. The first-order chi connectivity index (χ1) is 16.4. The molecule has 1 heterocycles. The number of non-ortho nitro benzene ring substituents is 1. The molecular formula is C24H17BrN4O4S. The number of rotatable bonds is 7. The van der Waals surface area contributed by atoms with Crippen LogP contribution >= 0.6 is 27.3 Å². The molecule has 4 aromatic rings. The van der Waals surface area contributed by atoms with E-state index in [0.29, 0.717) is 22.0 Å². The van der Waals surface area contributed by atoms with Crippen LogP contribution in [0.4, 0.5) is 10.8 Å². The average Bonchev–Trinajstić information content (AvgIpc) is 3.27. The van der Waals surface area contributed by atoms with Gasteiger partial charge in [0.25, 0.3) is 11.6 Å². The third kappa shape index (κ3) is 5.53. The predicted octanol–water partition coefficient (Wildman–Crippen LogP) is 6.06. The monoisotopic (exact) mass is 536 g/mol. The van der Waals surface area contributed by atoms with Crippen molar-refractivity contribution in [3.8, 4) is 5.75 Å². The van der Waals surface area contributed by atoms with E-state index in [1.165, 1.54) is 40.6 Å². The lowest BCUT2D eigenvalue weighted by atomic mass is 10.2. The Bertz CT molecular complexity index is 1420. The summed E-state index contributed by atoms with van der Waals surface area (Å²) in [5, 5.41) is 17.0. The lowest BCUT2D eigenvalue weighted by Gasteiger charge is -2.11. The van der Waals surface area contributed by atoms with E-state index in [1.807, 2.05) is 36.4 Å². The normalized spacial score (nSPS) is 11.4. The molecule has 0 bridgehead atoms. The molecule has 0 saturated carbocycles. The summed E-state index contributed by atoms with van der Waals surface area (Å²) in [6, 6.07) is 18.9. The zero-order valence-corrected chi connectivity index (χ0v) is 20.2. The largest absolute Gasteiger partial charge is 0.497 e. The number of hydrogen-bond donors (Lipinski definition) is 0. The molecule has 8 nitrogen and oxygen atoms in total. The fourth-order valence-electron chi connectivity index (χ4n) is 2.96. The standard InChI is InChI=1S/C24H17BrN4O4S/c1-33-20-10-11-21-22(14-20)34-24(27-21)28(26-15-17-5-8-18(25)9-6-17)23(30)12-7-16-3-2-4-19(13-16)29(31)32/h2-15H,1H3/b12-7+,26-15+. The molecule has 0 aliphatic heterocycles. The van der Waals surface area contributed by atoms with Crippen molar-refractivity contribution in [1.29, 1.82) is 0 Å². The van der Waals surface area contributed by atoms with E-state index in [-0.39, 0.29) is 5.69 Å². The van der Waals surface area contributed by atoms with Gasteiger partial charge in [-0.1, -0.05) is 51.5 Å². The van der Waals surface area contributed by atoms with Gasteiger partial charge < -0.3 is 4.74 Å². The minimum atomic E-state index is -0.483. The maximum atomic E-state index is 13.1. The minimum Gasteiger partial charge on any atom is -0.497 e. The van der Waals surface area contributed by atoms with Crippen LogP contribution < -0.4 is 9.75 Å². The van der Waals surface area contributed by atoms with Crippen molar-refractivity contribution in [3.63, 3.8) is 0 Å². The molecular weight excluding hydrogens is 520 g/mol. The summed E-state index contributed by atoms with van der Waals surface area (Å²) >= 11 is 4.69. The van der Waals surface area contributed by atoms with E-state index in [2.05, 4.69) is 26.0 Å². The van der Waals surface area contributed by atoms with Gasteiger partial charge in [-0.3, -0.25) is 14.9 Å². The Morgan fingerprint density at radius 2 is 1.94 bits per heavy atom. The molecule has 170 valence electrons. The van der Waals surface area contributed by atoms with Crippen molar-refractivity contribution in [3.05, 3.63) is 98.5 Å². The second-order valence-corrected chi connectivity index (χ2v) is 8.89. The second-order valence-electron chi connectivity index (χ2n) is 6.96. The zero-order chi connectivity index (χ0) is 24.1. The molecule has 1 aromatic heterocycles. The Kier molecular flexibility index (Phi) is 7.09. The van der Waals surface area contributed by atoms with Crippen LogP contribution in [-0.4, -0.2) is 29.1 Å². The summed E-state index contributed by atoms with van der Waals surface area (Å²) in [5.41, 5.74) is 1.97. The minimum absolute atomic E-state index is 0.0557. The number of carbonyl (C=O) groups excluding carboxylic acids is 1. The number of nitro groups is 1. The van der Waals surface area contributed by atoms with Crippen LogP contribution in [0.25, 0.3) is 16.3 Å². The van der Waals surface area contributed by atoms with Crippen molar-refractivity contribution < 1.29 is 14.5 Å². The number of nitro benzene ring substituents is 1. The lowest BCUT2D eigenvalue weighted by molar-refractivity contribution is -0.384. The van der Waals surface area contributed by atoms with Gasteiger partial charge in [-0.25, -0.2) is 4.98 Å². The van der Waals surface area contributed by atoms with Crippen molar-refractivity contribution in [2.24, 2.45) is 5.10 Å². The van der Waals surface area contributed by atoms with E-state index in [9.17, 15) is 14.9 Å². The smallest absolute Gasteiger partial charge is 0.273 e. The number of nitrogens with zero attached hydrogens (tertiary/aromatic N) is 4. The van der Waals surface area contributed by atoms with E-state index >= 15 is 0 Å². The van der Waals surface area contributed by atoms with Crippen LogP contribution in [0.5, 0.6) is 5.75 Å². The first kappa shape index (κ1) is 23.3. The zero-order valence-electron chi connectivity index (χ0n) is 17.8. The van der Waals surface area contributed by atoms with Gasteiger partial charge in [-0.2, -0.15) is 10.1 Å². The number of ether oxygens (including phenoxy) is 1. The van der Waals surface area contributed by atoms with E-state index < -0.39 is 10.8 Å². The highest BCUT2D eigenvalue weighted by molar-refractivity contribution is 9.10. The summed E-state index contributed by atoms with van der Waals surface area (Å²) < 4.78 is 7.04. The number of carbonyl (C=O) groups is 1. The van der Waals surface area contributed by atoms with Gasteiger partial charge in [-0.05, 0) is 47.5 Å². The van der Waals surface area contributed by atoms with Crippen molar-refractivity contribution >= 4 is 66.5 Å². The van der Waals surface area contributed by atoms with Crippen molar-refractivity contribution in [2.75, 3.05) is 12.1 Å². The van der Waals surface area contributed by atoms with Gasteiger partial charge in [0, 0.05) is 22.7 Å². The van der Waals surface area contributed by atoms with Crippen LogP contribution in [0.1, 0.15) is 11.1 Å². The van der Waals surface area contributed by atoms with E-state index in [0.717, 1.165) is 14.7 Å². The van der Waals surface area contributed by atoms with Gasteiger partial charge in [0.1, 0.15) is 5.75 Å². The molecule has 0 radical (unpaired) electrons. The van der Waals surface area contributed by atoms with Gasteiger partial charge in [0.2, 0.25) is 5.13 Å². The molecule has 0 N–H and O–H groups in total. The third-order valence-electron chi connectivity index (χ3n) is 4.67. The summed E-state index contributed by atoms with van der Waals surface area (Å²) in [4.78, 5) is 28.2. The third-order valence-corrected chi connectivity index (χ3v) is 6.19. The van der Waals surface area contributed by atoms with Crippen molar-refractivity contribution in [1.82, 2.24) is 4.98 Å². The number of amides is 1. The Balaban J connectivity index is 1.68. The Hall–Kier alpha value is -3.89. The van der Waals surface area contributed by atoms with Crippen LogP contribution in [0, 0.1) is 10.1 Å². The highest BCUT2D eigenvalue weighted by atomic mass is 79.9. The first-order valence-corrected chi connectivity index (χ1v) is 11.5. The molecule has 0 aliphatic rings. The fraction of sp³-hybridized carbons (Fsp3) is 0.0417. The Labute approximate surface area is 207 Å². The second kappa shape index (κ2) is 10.4. The maximum absolute atomic E-state index is 13.1. The molecule has 0 unspecified atom stereocenters. The number of fused-ring (bicyclic) bond motifs is 1. The van der Waals surface area contributed by atoms with Gasteiger partial charge in [0.05, 0.1) is 28.5 Å². The number of hydrazone groups is 1. The highest BCUT2D eigenvalue weighted by Crippen LogP contribution is 2.32. The number of hydrogen-bond acceptors (Lipinski definition) is 7. The molecule has 0 fully saturated rings. The van der Waals surface area contributed by atoms with Crippen LogP contribution in [-0.2, 0) is 4.79 Å². The first-order valence-electron chi connectivity index (χ1n) is 9.94. The van der Waals surface area contributed by atoms with E-state index in [1.54, 1.807) is 31.5 Å². The number of aromatic nitrogens is 1. The number of anilines is 1. The van der Waals surface area contributed by atoms with Crippen LogP contribution in [0.15, 0.2) is 82.4 Å². The quantitative estimate of drug-likeness (QED) is 0.124. The lowest BCUT2D eigenvalue weighted by Crippen LogP contribution is -2.23. The molecule has 0 spiro atoms. The molecule has 0 saturated heterocycles. The van der Waals surface area contributed by atoms with Gasteiger partial charge in [0.15, 0.2) is 0 Å². The predicted molar refractivity (Wildman–Crippen MR) is 138 cm³/mol. The molecule has 0 aliphatic carbocycles. The summed E-state index contributed by atoms with van der Waals surface area (Å²) in [5.74, 6) is 0.232. The molecule has 1 amide bonds.